The predicted octanol–water partition coefficient (Wildman–Crippen LogP) is 0.908. The molecule has 20 heavy (non-hydrogen) atoms. The fourth-order valence-electron chi connectivity index (χ4n) is 2.58. The van der Waals surface area contributed by atoms with Gasteiger partial charge in [-0.05, 0) is 18.2 Å². The Morgan fingerprint density at radius 1 is 1.30 bits per heavy atom. The monoisotopic (exact) mass is 277 g/mol. The first-order valence-corrected chi connectivity index (χ1v) is 7.02. The Kier molecular flexibility index (Phi) is 5.11. The molecule has 0 aromatic heterocycles. The van der Waals surface area contributed by atoms with Crippen LogP contribution in [0.3, 0.4) is 0 Å². The second kappa shape index (κ2) is 6.83. The Labute approximate surface area is 120 Å². The van der Waals surface area contributed by atoms with Crippen molar-refractivity contribution in [1.82, 2.24) is 9.80 Å². The average molecular weight is 277 g/mol. The maximum absolute atomic E-state index is 10.8. The van der Waals surface area contributed by atoms with Crippen LogP contribution < -0.4 is 5.73 Å². The van der Waals surface area contributed by atoms with Gasteiger partial charge < -0.3 is 15.7 Å². The molecule has 0 aliphatic carbocycles. The second-order valence-electron chi connectivity index (χ2n) is 5.48. The lowest BCUT2D eigenvalue weighted by molar-refractivity contribution is -0.137. The summed E-state index contributed by atoms with van der Waals surface area (Å²) in [5.41, 5.74) is 8.11. The lowest BCUT2D eigenvalue weighted by Crippen LogP contribution is -2.44. The van der Waals surface area contributed by atoms with E-state index in [1.165, 1.54) is 0 Å². The first-order valence-electron chi connectivity index (χ1n) is 7.02. The highest BCUT2D eigenvalue weighted by atomic mass is 16.4. The van der Waals surface area contributed by atoms with Crippen molar-refractivity contribution in [1.29, 1.82) is 0 Å². The number of nitrogens with two attached hydrogens (primary N) is 1. The molecule has 3 N–H and O–H groups in total. The van der Waals surface area contributed by atoms with Crippen LogP contribution in [-0.4, -0.2) is 54.1 Å². The molecule has 1 heterocycles. The standard InChI is InChI=1S/C15H23N3O2/c1-17-6-8-18(9-7-17)11-12-4-2-3-5-13(12)14(16)10-15(19)20/h2-5,14H,6-11,16H2,1H3,(H,19,20). The van der Waals surface area contributed by atoms with Gasteiger partial charge in [0.25, 0.3) is 0 Å². The minimum Gasteiger partial charge on any atom is -0.481 e. The molecular weight excluding hydrogens is 254 g/mol. The van der Waals surface area contributed by atoms with Gasteiger partial charge in [-0.25, -0.2) is 0 Å². The zero-order valence-electron chi connectivity index (χ0n) is 12.0. The number of hydrogen-bond donors (Lipinski definition) is 2. The molecule has 2 rings (SSSR count). The number of piperazine rings is 1. The lowest BCUT2D eigenvalue weighted by Gasteiger charge is -2.33. The van der Waals surface area contributed by atoms with Gasteiger partial charge in [0.15, 0.2) is 0 Å². The molecule has 0 bridgehead atoms. The van der Waals surface area contributed by atoms with Gasteiger partial charge in [0.1, 0.15) is 0 Å². The number of carboxylic acids is 1. The number of aliphatic carboxylic acids is 1. The Bertz CT molecular complexity index is 456. The third-order valence-electron chi connectivity index (χ3n) is 3.84. The third kappa shape index (κ3) is 4.03. The van der Waals surface area contributed by atoms with Crippen molar-refractivity contribution in [3.05, 3.63) is 35.4 Å². The van der Waals surface area contributed by atoms with E-state index in [4.69, 9.17) is 10.8 Å². The number of nitrogens with zero attached hydrogens (tertiary/aromatic N) is 2. The summed E-state index contributed by atoms with van der Waals surface area (Å²) >= 11 is 0. The van der Waals surface area contributed by atoms with E-state index in [1.807, 2.05) is 18.2 Å². The molecule has 1 aromatic carbocycles. The molecule has 0 spiro atoms. The summed E-state index contributed by atoms with van der Waals surface area (Å²) in [6.45, 7) is 5.07. The second-order valence-corrected chi connectivity index (χ2v) is 5.48. The maximum atomic E-state index is 10.8. The topological polar surface area (TPSA) is 69.8 Å². The van der Waals surface area contributed by atoms with E-state index in [-0.39, 0.29) is 6.42 Å². The van der Waals surface area contributed by atoms with E-state index in [2.05, 4.69) is 22.9 Å². The average Bonchev–Trinajstić information content (AvgIpc) is 2.41. The van der Waals surface area contributed by atoms with Crippen LogP contribution in [-0.2, 0) is 11.3 Å². The molecule has 110 valence electrons. The largest absolute Gasteiger partial charge is 0.481 e. The van der Waals surface area contributed by atoms with Crippen molar-refractivity contribution in [2.45, 2.75) is 19.0 Å². The zero-order chi connectivity index (χ0) is 14.5. The molecular formula is C15H23N3O2. The van der Waals surface area contributed by atoms with Crippen LogP contribution in [0.15, 0.2) is 24.3 Å². The summed E-state index contributed by atoms with van der Waals surface area (Å²) in [7, 11) is 2.13. The maximum Gasteiger partial charge on any atom is 0.305 e. The number of carboxylic acid groups (broad SMARTS) is 1. The van der Waals surface area contributed by atoms with Crippen molar-refractivity contribution in [2.24, 2.45) is 5.73 Å². The van der Waals surface area contributed by atoms with Crippen molar-refractivity contribution < 1.29 is 9.90 Å². The van der Waals surface area contributed by atoms with E-state index in [0.29, 0.717) is 0 Å². The fraction of sp³-hybridized carbons (Fsp3) is 0.533. The first kappa shape index (κ1) is 15.0. The molecule has 5 heteroatoms. The van der Waals surface area contributed by atoms with Crippen LogP contribution in [0.2, 0.25) is 0 Å². The summed E-state index contributed by atoms with van der Waals surface area (Å²) in [6, 6.07) is 7.47. The summed E-state index contributed by atoms with van der Waals surface area (Å²) in [5.74, 6) is -0.855. The van der Waals surface area contributed by atoms with Gasteiger partial charge in [0.2, 0.25) is 0 Å². The molecule has 1 unspecified atom stereocenters. The highest BCUT2D eigenvalue weighted by Gasteiger charge is 2.18. The first-order chi connectivity index (χ1) is 9.56. The Balaban J connectivity index is 2.05. The van der Waals surface area contributed by atoms with Crippen LogP contribution >= 0.6 is 0 Å². The highest BCUT2D eigenvalue weighted by Crippen LogP contribution is 2.21. The molecule has 0 amide bonds. The van der Waals surface area contributed by atoms with E-state index >= 15 is 0 Å². The molecule has 1 aromatic rings. The molecule has 1 atom stereocenters. The van der Waals surface area contributed by atoms with E-state index < -0.39 is 12.0 Å². The Morgan fingerprint density at radius 3 is 2.60 bits per heavy atom. The molecule has 1 saturated heterocycles. The van der Waals surface area contributed by atoms with Gasteiger partial charge in [-0.3, -0.25) is 9.69 Å². The lowest BCUT2D eigenvalue weighted by atomic mass is 9.98. The highest BCUT2D eigenvalue weighted by molar-refractivity contribution is 5.68. The van der Waals surface area contributed by atoms with Crippen molar-refractivity contribution in [3.63, 3.8) is 0 Å². The number of likely N-dealkylation sites (N-methyl/N-ethyl adjacent to an activating group) is 1. The molecule has 1 fully saturated rings. The van der Waals surface area contributed by atoms with Gasteiger partial charge in [-0.1, -0.05) is 24.3 Å². The van der Waals surface area contributed by atoms with Crippen LogP contribution in [0.5, 0.6) is 0 Å². The number of carbonyl (C=O) groups is 1. The normalized spacial score (nSPS) is 18.9. The third-order valence-corrected chi connectivity index (χ3v) is 3.84. The summed E-state index contributed by atoms with van der Waals surface area (Å²) < 4.78 is 0. The van der Waals surface area contributed by atoms with E-state index in [1.54, 1.807) is 0 Å². The zero-order valence-corrected chi connectivity index (χ0v) is 12.0. The van der Waals surface area contributed by atoms with Gasteiger partial charge in [-0.15, -0.1) is 0 Å². The number of benzene rings is 1. The van der Waals surface area contributed by atoms with Crippen molar-refractivity contribution in [3.8, 4) is 0 Å². The quantitative estimate of drug-likeness (QED) is 0.837. The molecule has 1 aliphatic rings. The van der Waals surface area contributed by atoms with Crippen LogP contribution in [0, 0.1) is 0 Å². The Morgan fingerprint density at radius 2 is 1.95 bits per heavy atom. The molecule has 5 nitrogen and oxygen atoms in total. The van der Waals surface area contributed by atoms with E-state index in [0.717, 1.165) is 43.9 Å². The number of hydrogen-bond acceptors (Lipinski definition) is 4. The van der Waals surface area contributed by atoms with Gasteiger partial charge in [0, 0.05) is 38.8 Å². The van der Waals surface area contributed by atoms with Crippen LogP contribution in [0.4, 0.5) is 0 Å². The van der Waals surface area contributed by atoms with Gasteiger partial charge in [-0.2, -0.15) is 0 Å². The Hall–Kier alpha value is -1.43. The minimum atomic E-state index is -0.855. The summed E-state index contributed by atoms with van der Waals surface area (Å²) in [6.07, 6.45) is -0.0280. The smallest absolute Gasteiger partial charge is 0.305 e. The summed E-state index contributed by atoms with van der Waals surface area (Å²) in [5, 5.41) is 8.89. The number of rotatable bonds is 5. The minimum absolute atomic E-state index is 0.0280. The molecule has 0 radical (unpaired) electrons. The molecule has 0 saturated carbocycles. The van der Waals surface area contributed by atoms with Gasteiger partial charge in [0.05, 0.1) is 6.42 Å². The van der Waals surface area contributed by atoms with Crippen molar-refractivity contribution >= 4 is 5.97 Å². The molecule has 1 aliphatic heterocycles. The SMILES string of the molecule is CN1CCN(Cc2ccccc2C(N)CC(=O)O)CC1. The van der Waals surface area contributed by atoms with Crippen LogP contribution in [0.25, 0.3) is 0 Å². The predicted molar refractivity (Wildman–Crippen MR) is 78.4 cm³/mol. The summed E-state index contributed by atoms with van der Waals surface area (Å²) in [4.78, 5) is 15.5. The van der Waals surface area contributed by atoms with Crippen molar-refractivity contribution in [2.75, 3.05) is 33.2 Å². The fourth-order valence-corrected chi connectivity index (χ4v) is 2.58. The van der Waals surface area contributed by atoms with E-state index in [9.17, 15) is 4.79 Å². The van der Waals surface area contributed by atoms with Crippen LogP contribution in [0.1, 0.15) is 23.6 Å². The van der Waals surface area contributed by atoms with Gasteiger partial charge >= 0.3 is 5.97 Å².